The summed E-state index contributed by atoms with van der Waals surface area (Å²) in [7, 11) is 0. The molecule has 16 heavy (non-hydrogen) atoms. The summed E-state index contributed by atoms with van der Waals surface area (Å²) >= 11 is 0. The lowest BCUT2D eigenvalue weighted by Gasteiger charge is -2.42. The molecule has 0 aromatic heterocycles. The van der Waals surface area contributed by atoms with Crippen molar-refractivity contribution < 1.29 is 5.11 Å². The average Bonchev–Trinajstić information content (AvgIpc) is 2.30. The molecule has 1 aromatic rings. The molecular formula is C14H21NO. The van der Waals surface area contributed by atoms with Crippen molar-refractivity contribution >= 4 is 0 Å². The van der Waals surface area contributed by atoms with Gasteiger partial charge in [-0.25, -0.2) is 0 Å². The smallest absolute Gasteiger partial charge is 0.115 e. The van der Waals surface area contributed by atoms with Gasteiger partial charge in [0.15, 0.2) is 0 Å². The minimum atomic E-state index is 0.242. The highest BCUT2D eigenvalue weighted by molar-refractivity contribution is 5.33. The van der Waals surface area contributed by atoms with Crippen LogP contribution in [0.15, 0.2) is 24.3 Å². The van der Waals surface area contributed by atoms with Crippen molar-refractivity contribution in [2.24, 2.45) is 5.92 Å². The van der Waals surface area contributed by atoms with Crippen molar-refractivity contribution in [2.75, 3.05) is 13.1 Å². The molecule has 0 radical (unpaired) electrons. The highest BCUT2D eigenvalue weighted by Crippen LogP contribution is 2.38. The minimum absolute atomic E-state index is 0.242. The molecule has 1 heterocycles. The Morgan fingerprint density at radius 2 is 1.94 bits per heavy atom. The van der Waals surface area contributed by atoms with E-state index in [4.69, 9.17) is 0 Å². The fraction of sp³-hybridized carbons (Fsp3) is 0.571. The average molecular weight is 219 g/mol. The predicted molar refractivity (Wildman–Crippen MR) is 66.7 cm³/mol. The third-order valence-electron chi connectivity index (χ3n) is 3.96. The molecule has 1 aliphatic rings. The van der Waals surface area contributed by atoms with E-state index in [9.17, 15) is 5.11 Å². The Bertz CT molecular complexity index is 336. The van der Waals surface area contributed by atoms with Gasteiger partial charge in [0.05, 0.1) is 0 Å². The van der Waals surface area contributed by atoms with Gasteiger partial charge in [-0.2, -0.15) is 0 Å². The van der Waals surface area contributed by atoms with Gasteiger partial charge in [0.25, 0.3) is 0 Å². The van der Waals surface area contributed by atoms with E-state index in [1.165, 1.54) is 18.4 Å². The van der Waals surface area contributed by atoms with Crippen molar-refractivity contribution in [1.82, 2.24) is 5.32 Å². The van der Waals surface area contributed by atoms with Gasteiger partial charge in [-0.1, -0.05) is 26.0 Å². The Balaban J connectivity index is 2.34. The predicted octanol–water partition coefficient (Wildman–Crippen LogP) is 2.67. The maximum absolute atomic E-state index is 9.36. The van der Waals surface area contributed by atoms with Crippen molar-refractivity contribution in [2.45, 2.75) is 32.1 Å². The molecule has 0 aliphatic carbocycles. The standard InChI is InChI=1S/C14H21NO/c1-11(2)14(8-3-9-15-10-14)12-4-6-13(16)7-5-12/h4-7,11,15-16H,3,8-10H2,1-2H3. The number of hydrogen-bond donors (Lipinski definition) is 2. The van der Waals surface area contributed by atoms with Crippen LogP contribution in [0.1, 0.15) is 32.3 Å². The molecule has 2 heteroatoms. The van der Waals surface area contributed by atoms with Crippen LogP contribution in [0.3, 0.4) is 0 Å². The second kappa shape index (κ2) is 4.46. The largest absolute Gasteiger partial charge is 0.508 e. The van der Waals surface area contributed by atoms with Gasteiger partial charge >= 0.3 is 0 Å². The fourth-order valence-corrected chi connectivity index (χ4v) is 2.79. The molecule has 2 nitrogen and oxygen atoms in total. The first kappa shape index (κ1) is 11.5. The van der Waals surface area contributed by atoms with Gasteiger partial charge in [0.2, 0.25) is 0 Å². The van der Waals surface area contributed by atoms with Crippen molar-refractivity contribution in [3.8, 4) is 5.75 Å². The van der Waals surface area contributed by atoms with Crippen LogP contribution in [0.5, 0.6) is 5.75 Å². The van der Waals surface area contributed by atoms with E-state index in [0.717, 1.165) is 13.1 Å². The topological polar surface area (TPSA) is 32.3 Å². The summed E-state index contributed by atoms with van der Waals surface area (Å²) in [5.41, 5.74) is 1.60. The molecule has 1 saturated heterocycles. The molecule has 2 rings (SSSR count). The molecule has 1 unspecified atom stereocenters. The van der Waals surface area contributed by atoms with Crippen LogP contribution in [0, 0.1) is 5.92 Å². The third kappa shape index (κ3) is 1.94. The lowest BCUT2D eigenvalue weighted by atomic mass is 9.67. The molecule has 1 aliphatic heterocycles. The Kier molecular flexibility index (Phi) is 3.20. The van der Waals surface area contributed by atoms with E-state index >= 15 is 0 Å². The van der Waals surface area contributed by atoms with Crippen LogP contribution in [0.4, 0.5) is 0 Å². The Morgan fingerprint density at radius 3 is 2.44 bits per heavy atom. The molecule has 0 saturated carbocycles. The highest BCUT2D eigenvalue weighted by atomic mass is 16.3. The van der Waals surface area contributed by atoms with Crippen LogP contribution in [0.25, 0.3) is 0 Å². The zero-order valence-electron chi connectivity index (χ0n) is 10.2. The van der Waals surface area contributed by atoms with Crippen LogP contribution < -0.4 is 5.32 Å². The van der Waals surface area contributed by atoms with Gasteiger partial charge in [-0.3, -0.25) is 0 Å². The zero-order chi connectivity index (χ0) is 11.6. The Labute approximate surface area is 97.7 Å². The molecular weight excluding hydrogens is 198 g/mol. The molecule has 0 amide bonds. The van der Waals surface area contributed by atoms with E-state index in [1.54, 1.807) is 12.1 Å². The summed E-state index contributed by atoms with van der Waals surface area (Å²) in [5, 5.41) is 12.9. The summed E-state index contributed by atoms with van der Waals surface area (Å²) in [6, 6.07) is 7.74. The van der Waals surface area contributed by atoms with E-state index in [2.05, 4.69) is 31.3 Å². The van der Waals surface area contributed by atoms with Crippen LogP contribution in [-0.4, -0.2) is 18.2 Å². The summed E-state index contributed by atoms with van der Waals surface area (Å²) in [4.78, 5) is 0. The van der Waals surface area contributed by atoms with E-state index in [-0.39, 0.29) is 5.41 Å². The number of benzene rings is 1. The summed E-state index contributed by atoms with van der Waals surface area (Å²) < 4.78 is 0. The molecule has 1 aromatic carbocycles. The first-order valence-electron chi connectivity index (χ1n) is 6.15. The van der Waals surface area contributed by atoms with Gasteiger partial charge in [-0.15, -0.1) is 0 Å². The minimum Gasteiger partial charge on any atom is -0.508 e. The highest BCUT2D eigenvalue weighted by Gasteiger charge is 2.36. The van der Waals surface area contributed by atoms with Gasteiger partial charge < -0.3 is 10.4 Å². The summed E-state index contributed by atoms with van der Waals surface area (Å²) in [6.07, 6.45) is 2.47. The van der Waals surface area contributed by atoms with E-state index in [0.29, 0.717) is 11.7 Å². The van der Waals surface area contributed by atoms with Gasteiger partial charge in [0, 0.05) is 12.0 Å². The normalized spacial score (nSPS) is 25.9. The summed E-state index contributed by atoms with van der Waals surface area (Å²) in [5.74, 6) is 0.969. The van der Waals surface area contributed by atoms with E-state index < -0.39 is 0 Å². The summed E-state index contributed by atoms with van der Waals surface area (Å²) in [6.45, 7) is 6.77. The number of phenols is 1. The van der Waals surface area contributed by atoms with E-state index in [1.807, 2.05) is 0 Å². The number of rotatable bonds is 2. The number of nitrogens with one attached hydrogen (secondary N) is 1. The van der Waals surface area contributed by atoms with Crippen molar-refractivity contribution in [3.05, 3.63) is 29.8 Å². The second-order valence-corrected chi connectivity index (χ2v) is 5.14. The third-order valence-corrected chi connectivity index (χ3v) is 3.96. The van der Waals surface area contributed by atoms with Gasteiger partial charge in [-0.05, 0) is 43.0 Å². The van der Waals surface area contributed by atoms with Crippen molar-refractivity contribution in [3.63, 3.8) is 0 Å². The molecule has 1 fully saturated rings. The van der Waals surface area contributed by atoms with Gasteiger partial charge in [0.1, 0.15) is 5.75 Å². The number of aromatic hydroxyl groups is 1. The van der Waals surface area contributed by atoms with Crippen LogP contribution in [-0.2, 0) is 5.41 Å². The Hall–Kier alpha value is -1.02. The zero-order valence-corrected chi connectivity index (χ0v) is 10.2. The maximum atomic E-state index is 9.36. The molecule has 2 N–H and O–H groups in total. The molecule has 0 spiro atoms. The quantitative estimate of drug-likeness (QED) is 0.801. The molecule has 1 atom stereocenters. The molecule has 88 valence electrons. The lowest BCUT2D eigenvalue weighted by Crippen LogP contribution is -2.46. The number of piperidine rings is 1. The number of phenolic OH excluding ortho intramolecular Hbond substituents is 1. The van der Waals surface area contributed by atoms with Crippen LogP contribution in [0.2, 0.25) is 0 Å². The lowest BCUT2D eigenvalue weighted by molar-refractivity contribution is 0.233. The monoisotopic (exact) mass is 219 g/mol. The molecule has 0 bridgehead atoms. The fourth-order valence-electron chi connectivity index (χ4n) is 2.79. The van der Waals surface area contributed by atoms with Crippen molar-refractivity contribution in [1.29, 1.82) is 0 Å². The van der Waals surface area contributed by atoms with Crippen LogP contribution >= 0.6 is 0 Å². The maximum Gasteiger partial charge on any atom is 0.115 e. The SMILES string of the molecule is CC(C)C1(c2ccc(O)cc2)CCCNC1. The number of hydrogen-bond acceptors (Lipinski definition) is 2. The Morgan fingerprint density at radius 1 is 1.25 bits per heavy atom. The first-order chi connectivity index (χ1) is 7.65. The second-order valence-electron chi connectivity index (χ2n) is 5.14. The first-order valence-corrected chi connectivity index (χ1v) is 6.15.